The summed E-state index contributed by atoms with van der Waals surface area (Å²) in [5, 5.41) is 1.15. The largest absolute Gasteiger partial charge is 0.242 e. The summed E-state index contributed by atoms with van der Waals surface area (Å²) in [5.74, 6) is 0. The van der Waals surface area contributed by atoms with E-state index < -0.39 is 0 Å². The molecule has 1 heterocycles. The number of hydrogen-bond acceptors (Lipinski definition) is 2. The fraction of sp³-hybridized carbons (Fsp3) is 0.500. The number of thiazole rings is 1. The molecule has 0 fully saturated rings. The van der Waals surface area contributed by atoms with Gasteiger partial charge in [0.15, 0.2) is 0 Å². The summed E-state index contributed by atoms with van der Waals surface area (Å²) in [5.41, 5.74) is 2.53. The van der Waals surface area contributed by atoms with Crippen LogP contribution in [0.15, 0.2) is 18.2 Å². The minimum absolute atomic E-state index is 1.10. The van der Waals surface area contributed by atoms with E-state index in [2.05, 4.69) is 37.0 Å². The van der Waals surface area contributed by atoms with Gasteiger partial charge in [0.2, 0.25) is 0 Å². The third-order valence-electron chi connectivity index (χ3n) is 1.97. The number of rotatable bonds is 1. The van der Waals surface area contributed by atoms with Crippen LogP contribution in [-0.2, 0) is 6.42 Å². The Kier molecular flexibility index (Phi) is 7.82. The Bertz CT molecular complexity index is 404. The monoisotopic (exact) mass is 237 g/mol. The van der Waals surface area contributed by atoms with Crippen LogP contribution in [0, 0.1) is 6.92 Å². The second kappa shape index (κ2) is 8.28. The highest BCUT2D eigenvalue weighted by molar-refractivity contribution is 7.18. The molecule has 0 N–H and O–H groups in total. The van der Waals surface area contributed by atoms with E-state index in [1.165, 1.54) is 10.3 Å². The maximum atomic E-state index is 4.41. The highest BCUT2D eigenvalue weighted by Gasteiger charge is 1.99. The minimum Gasteiger partial charge on any atom is -0.242 e. The molecule has 2 rings (SSSR count). The fourth-order valence-corrected chi connectivity index (χ4v) is 2.19. The van der Waals surface area contributed by atoms with Crippen molar-refractivity contribution in [1.82, 2.24) is 4.98 Å². The first-order valence-corrected chi connectivity index (χ1v) is 6.97. The van der Waals surface area contributed by atoms with Crippen molar-refractivity contribution in [1.29, 1.82) is 0 Å². The van der Waals surface area contributed by atoms with Crippen LogP contribution in [0.4, 0.5) is 0 Å². The zero-order valence-electron chi connectivity index (χ0n) is 11.3. The molecule has 0 aliphatic rings. The zero-order chi connectivity index (χ0) is 12.6. The Labute approximate surface area is 104 Å². The Morgan fingerprint density at radius 3 is 2.31 bits per heavy atom. The summed E-state index contributed by atoms with van der Waals surface area (Å²) < 4.78 is 1.31. The van der Waals surface area contributed by atoms with Gasteiger partial charge in [-0.05, 0) is 31.0 Å². The number of hydrogen-bond donors (Lipinski definition) is 0. The van der Waals surface area contributed by atoms with Crippen LogP contribution in [0.5, 0.6) is 0 Å². The first-order chi connectivity index (χ1) is 7.79. The van der Waals surface area contributed by atoms with E-state index in [4.69, 9.17) is 0 Å². The van der Waals surface area contributed by atoms with Gasteiger partial charge in [0.1, 0.15) is 0 Å². The Morgan fingerprint density at radius 1 is 1.12 bits per heavy atom. The molecule has 0 saturated carbocycles. The average Bonchev–Trinajstić information content (AvgIpc) is 2.73. The molecular formula is C14H23NS. The van der Waals surface area contributed by atoms with Crippen LogP contribution < -0.4 is 0 Å². The second-order valence-corrected chi connectivity index (χ2v) is 4.12. The summed E-state index contributed by atoms with van der Waals surface area (Å²) >= 11 is 1.77. The predicted octanol–water partition coefficient (Wildman–Crippen LogP) is 5.22. The maximum absolute atomic E-state index is 4.41. The van der Waals surface area contributed by atoms with Gasteiger partial charge in [0.25, 0.3) is 0 Å². The van der Waals surface area contributed by atoms with E-state index in [0.717, 1.165) is 16.9 Å². The van der Waals surface area contributed by atoms with Crippen molar-refractivity contribution in [3.8, 4) is 0 Å². The van der Waals surface area contributed by atoms with Gasteiger partial charge in [0, 0.05) is 0 Å². The number of benzene rings is 1. The maximum Gasteiger partial charge on any atom is 0.0907 e. The molecule has 0 radical (unpaired) electrons. The first kappa shape index (κ1) is 15.1. The summed E-state index contributed by atoms with van der Waals surface area (Å²) in [6.45, 7) is 12.2. The van der Waals surface area contributed by atoms with Gasteiger partial charge in [0.05, 0.1) is 15.2 Å². The van der Waals surface area contributed by atoms with Gasteiger partial charge < -0.3 is 0 Å². The molecule has 1 aromatic heterocycles. The van der Waals surface area contributed by atoms with Gasteiger partial charge in [-0.1, -0.05) is 40.7 Å². The van der Waals surface area contributed by atoms with Crippen molar-refractivity contribution in [2.24, 2.45) is 0 Å². The van der Waals surface area contributed by atoms with Crippen molar-refractivity contribution in [2.75, 3.05) is 0 Å². The van der Waals surface area contributed by atoms with Crippen LogP contribution in [-0.4, -0.2) is 4.98 Å². The van der Waals surface area contributed by atoms with Crippen LogP contribution >= 0.6 is 11.3 Å². The lowest BCUT2D eigenvalue weighted by Gasteiger charge is -1.93. The smallest absolute Gasteiger partial charge is 0.0907 e. The molecular weight excluding hydrogens is 214 g/mol. The Balaban J connectivity index is 0.000000509. The van der Waals surface area contributed by atoms with Gasteiger partial charge in [-0.25, -0.2) is 4.98 Å². The number of nitrogens with zero attached hydrogens (tertiary/aromatic N) is 1. The van der Waals surface area contributed by atoms with Crippen molar-refractivity contribution in [2.45, 2.75) is 48.0 Å². The van der Waals surface area contributed by atoms with Gasteiger partial charge in [-0.15, -0.1) is 11.3 Å². The molecule has 1 nitrogen and oxygen atoms in total. The minimum atomic E-state index is 1.10. The van der Waals surface area contributed by atoms with Crippen molar-refractivity contribution >= 4 is 21.6 Å². The van der Waals surface area contributed by atoms with E-state index in [9.17, 15) is 0 Å². The van der Waals surface area contributed by atoms with E-state index in [0.29, 0.717) is 0 Å². The third-order valence-corrected chi connectivity index (χ3v) is 2.90. The summed E-state index contributed by atoms with van der Waals surface area (Å²) in [7, 11) is 0. The standard InChI is InChI=1S/C10H11NS.2C2H6/c1-3-8-4-5-9-10(6-8)12-7(2)11-9;2*1-2/h4-6H,3H2,1-2H3;2*1-2H3. The lowest BCUT2D eigenvalue weighted by molar-refractivity contribution is 1.15. The molecule has 0 spiro atoms. The summed E-state index contributed by atoms with van der Waals surface area (Å²) in [4.78, 5) is 4.41. The topological polar surface area (TPSA) is 12.9 Å². The van der Waals surface area contributed by atoms with Crippen molar-refractivity contribution in [3.05, 3.63) is 28.8 Å². The van der Waals surface area contributed by atoms with Crippen molar-refractivity contribution < 1.29 is 0 Å². The molecule has 0 unspecified atom stereocenters. The first-order valence-electron chi connectivity index (χ1n) is 6.15. The van der Waals surface area contributed by atoms with E-state index in [1.54, 1.807) is 11.3 Å². The van der Waals surface area contributed by atoms with Crippen LogP contribution in [0.3, 0.4) is 0 Å². The summed E-state index contributed by atoms with van der Waals surface area (Å²) in [6, 6.07) is 6.50. The molecule has 90 valence electrons. The molecule has 16 heavy (non-hydrogen) atoms. The van der Waals surface area contributed by atoms with Crippen molar-refractivity contribution in [3.63, 3.8) is 0 Å². The number of aryl methyl sites for hydroxylation is 2. The van der Waals surface area contributed by atoms with Gasteiger partial charge in [-0.3, -0.25) is 0 Å². The zero-order valence-corrected chi connectivity index (χ0v) is 12.1. The van der Waals surface area contributed by atoms with E-state index in [-0.39, 0.29) is 0 Å². The van der Waals surface area contributed by atoms with Crippen LogP contribution in [0.2, 0.25) is 0 Å². The third kappa shape index (κ3) is 3.93. The van der Waals surface area contributed by atoms with Crippen LogP contribution in [0.1, 0.15) is 45.2 Å². The molecule has 0 atom stereocenters. The van der Waals surface area contributed by atoms with Crippen LogP contribution in [0.25, 0.3) is 10.2 Å². The normalized spacial score (nSPS) is 8.88. The molecule has 2 aromatic rings. The highest BCUT2D eigenvalue weighted by Crippen LogP contribution is 2.22. The molecule has 1 aromatic carbocycles. The molecule has 0 saturated heterocycles. The van der Waals surface area contributed by atoms with Gasteiger partial charge in [-0.2, -0.15) is 0 Å². The number of aromatic nitrogens is 1. The average molecular weight is 237 g/mol. The SMILES string of the molecule is CC.CC.CCc1ccc2nc(C)sc2c1. The molecule has 0 aliphatic heterocycles. The molecule has 0 bridgehead atoms. The molecule has 0 aliphatic carbocycles. The Hall–Kier alpha value is -0.890. The lowest BCUT2D eigenvalue weighted by atomic mass is 10.2. The quantitative estimate of drug-likeness (QED) is 0.662. The summed E-state index contributed by atoms with van der Waals surface area (Å²) in [6.07, 6.45) is 1.10. The van der Waals surface area contributed by atoms with E-state index in [1.807, 2.05) is 27.7 Å². The molecule has 2 heteroatoms. The second-order valence-electron chi connectivity index (χ2n) is 2.89. The van der Waals surface area contributed by atoms with E-state index >= 15 is 0 Å². The van der Waals surface area contributed by atoms with Gasteiger partial charge >= 0.3 is 0 Å². The Morgan fingerprint density at radius 2 is 1.75 bits per heavy atom. The predicted molar refractivity (Wildman–Crippen MR) is 76.4 cm³/mol. The molecule has 0 amide bonds. The lowest BCUT2D eigenvalue weighted by Crippen LogP contribution is -1.77. The number of fused-ring (bicyclic) bond motifs is 1. The highest BCUT2D eigenvalue weighted by atomic mass is 32.1. The fourth-order valence-electron chi connectivity index (χ4n) is 1.30.